The average Bonchev–Trinajstić information content (AvgIpc) is 3.02. The molecular formula is C21H25N3O6S. The molecular weight excluding hydrogens is 422 g/mol. The molecule has 0 radical (unpaired) electrons. The molecule has 31 heavy (non-hydrogen) atoms. The zero-order valence-corrected chi connectivity index (χ0v) is 18.2. The summed E-state index contributed by atoms with van der Waals surface area (Å²) in [5, 5.41) is 5.21. The van der Waals surface area contributed by atoms with Crippen LogP contribution in [0.3, 0.4) is 0 Å². The van der Waals surface area contributed by atoms with Crippen LogP contribution in [0.25, 0.3) is 0 Å². The van der Waals surface area contributed by atoms with Crippen LogP contribution < -0.4 is 20.1 Å². The van der Waals surface area contributed by atoms with Crippen molar-refractivity contribution in [2.75, 3.05) is 33.9 Å². The number of rotatable bonds is 7. The highest BCUT2D eigenvalue weighted by atomic mass is 32.2. The Kier molecular flexibility index (Phi) is 7.13. The number of carbonyl (C=O) groups is 2. The molecule has 0 unspecified atom stereocenters. The summed E-state index contributed by atoms with van der Waals surface area (Å²) in [5.41, 5.74) is 1.20. The highest BCUT2D eigenvalue weighted by molar-refractivity contribution is 7.89. The van der Waals surface area contributed by atoms with Crippen molar-refractivity contribution in [2.24, 2.45) is 0 Å². The van der Waals surface area contributed by atoms with Crippen LogP contribution in [0.15, 0.2) is 47.4 Å². The van der Waals surface area contributed by atoms with E-state index in [4.69, 9.17) is 9.47 Å². The van der Waals surface area contributed by atoms with E-state index >= 15 is 0 Å². The fourth-order valence-corrected chi connectivity index (χ4v) is 4.14. The summed E-state index contributed by atoms with van der Waals surface area (Å²) in [6, 6.07) is 11.2. The van der Waals surface area contributed by atoms with Crippen molar-refractivity contribution in [2.45, 2.75) is 17.9 Å². The van der Waals surface area contributed by atoms with Crippen molar-refractivity contribution in [1.29, 1.82) is 0 Å². The molecule has 0 aliphatic carbocycles. The second-order valence-corrected chi connectivity index (χ2v) is 9.02. The van der Waals surface area contributed by atoms with Gasteiger partial charge in [0.1, 0.15) is 0 Å². The summed E-state index contributed by atoms with van der Waals surface area (Å²) in [6.45, 7) is 0.758. The lowest BCUT2D eigenvalue weighted by atomic mass is 10.1. The van der Waals surface area contributed by atoms with Gasteiger partial charge in [-0.05, 0) is 29.8 Å². The van der Waals surface area contributed by atoms with Gasteiger partial charge < -0.3 is 20.1 Å². The summed E-state index contributed by atoms with van der Waals surface area (Å²) in [4.78, 5) is 24.1. The fraction of sp³-hybridized carbons (Fsp3) is 0.333. The molecule has 10 heteroatoms. The second-order valence-electron chi connectivity index (χ2n) is 6.98. The number of benzene rings is 2. The average molecular weight is 448 g/mol. The molecule has 1 aliphatic rings. The highest BCUT2D eigenvalue weighted by Gasteiger charge is 2.25. The van der Waals surface area contributed by atoms with E-state index in [9.17, 15) is 18.0 Å². The van der Waals surface area contributed by atoms with Gasteiger partial charge in [0.05, 0.1) is 24.7 Å². The van der Waals surface area contributed by atoms with Crippen molar-refractivity contribution < 1.29 is 27.5 Å². The first-order valence-electron chi connectivity index (χ1n) is 9.75. The lowest BCUT2D eigenvalue weighted by molar-refractivity contribution is -0.121. The third-order valence-corrected chi connectivity index (χ3v) is 6.50. The number of fused-ring (bicyclic) bond motifs is 1. The van der Waals surface area contributed by atoms with Crippen LogP contribution in [-0.2, 0) is 21.4 Å². The topological polar surface area (TPSA) is 114 Å². The maximum absolute atomic E-state index is 12.9. The van der Waals surface area contributed by atoms with E-state index in [1.807, 2.05) is 0 Å². The van der Waals surface area contributed by atoms with E-state index in [2.05, 4.69) is 10.6 Å². The molecule has 2 aromatic rings. The maximum Gasteiger partial charge on any atom is 0.251 e. The molecule has 0 atom stereocenters. The van der Waals surface area contributed by atoms with Crippen LogP contribution in [0.4, 0.5) is 0 Å². The summed E-state index contributed by atoms with van der Waals surface area (Å²) in [5.74, 6) is 0.170. The quantitative estimate of drug-likeness (QED) is 0.658. The van der Waals surface area contributed by atoms with Crippen molar-refractivity contribution >= 4 is 21.8 Å². The molecule has 0 bridgehead atoms. The van der Waals surface area contributed by atoms with Gasteiger partial charge in [-0.1, -0.05) is 12.1 Å². The molecule has 9 nitrogen and oxygen atoms in total. The molecule has 2 N–H and O–H groups in total. The molecule has 2 amide bonds. The fourth-order valence-electron chi connectivity index (χ4n) is 2.99. The normalized spacial score (nSPS) is 13.4. The van der Waals surface area contributed by atoms with Crippen molar-refractivity contribution in [3.63, 3.8) is 0 Å². The number of ether oxygens (including phenoxy) is 2. The van der Waals surface area contributed by atoms with Gasteiger partial charge in [0, 0.05) is 38.7 Å². The lowest BCUT2D eigenvalue weighted by Gasteiger charge is -2.18. The van der Waals surface area contributed by atoms with E-state index < -0.39 is 15.9 Å². The number of nitrogens with one attached hydrogen (secondary N) is 2. The van der Waals surface area contributed by atoms with E-state index in [1.54, 1.807) is 30.3 Å². The van der Waals surface area contributed by atoms with Gasteiger partial charge in [0.15, 0.2) is 11.5 Å². The number of amides is 2. The molecule has 1 heterocycles. The Bertz CT molecular complexity index is 1070. The van der Waals surface area contributed by atoms with Gasteiger partial charge in [-0.15, -0.1) is 0 Å². The van der Waals surface area contributed by atoms with E-state index in [0.29, 0.717) is 36.7 Å². The predicted molar refractivity (Wildman–Crippen MR) is 114 cm³/mol. The third-order valence-electron chi connectivity index (χ3n) is 4.70. The first-order chi connectivity index (χ1) is 14.8. The number of carbonyl (C=O) groups excluding carboxylic acids is 2. The van der Waals surface area contributed by atoms with Gasteiger partial charge in [0.2, 0.25) is 15.9 Å². The Hall–Kier alpha value is -3.11. The van der Waals surface area contributed by atoms with Gasteiger partial charge >= 0.3 is 0 Å². The Labute approximate surface area is 181 Å². The molecule has 0 spiro atoms. The summed E-state index contributed by atoms with van der Waals surface area (Å²) >= 11 is 0. The van der Waals surface area contributed by atoms with E-state index in [0.717, 1.165) is 9.87 Å². The van der Waals surface area contributed by atoms with Crippen LogP contribution in [0.1, 0.15) is 22.3 Å². The minimum Gasteiger partial charge on any atom is -0.490 e. The van der Waals surface area contributed by atoms with Crippen LogP contribution in [0.2, 0.25) is 0 Å². The van der Waals surface area contributed by atoms with Crippen LogP contribution in [0.5, 0.6) is 11.5 Å². The van der Waals surface area contributed by atoms with Crippen LogP contribution in [0, 0.1) is 0 Å². The van der Waals surface area contributed by atoms with E-state index in [-0.39, 0.29) is 23.9 Å². The Morgan fingerprint density at radius 1 is 1.06 bits per heavy atom. The van der Waals surface area contributed by atoms with Crippen LogP contribution >= 0.6 is 0 Å². The second kappa shape index (κ2) is 9.80. The summed E-state index contributed by atoms with van der Waals surface area (Å²) in [7, 11) is -1.02. The Balaban J connectivity index is 1.62. The molecule has 3 rings (SSSR count). The molecule has 166 valence electrons. The Morgan fingerprint density at radius 2 is 1.81 bits per heavy atom. The molecule has 0 fully saturated rings. The molecule has 0 saturated heterocycles. The van der Waals surface area contributed by atoms with Gasteiger partial charge in [-0.3, -0.25) is 9.59 Å². The minimum absolute atomic E-state index is 0.0188. The van der Waals surface area contributed by atoms with Crippen LogP contribution in [-0.4, -0.2) is 58.4 Å². The van der Waals surface area contributed by atoms with Crippen molar-refractivity contribution in [3.8, 4) is 11.5 Å². The van der Waals surface area contributed by atoms with Gasteiger partial charge in [-0.25, -0.2) is 8.42 Å². The lowest BCUT2D eigenvalue weighted by Crippen LogP contribution is -2.38. The molecule has 1 aliphatic heterocycles. The number of likely N-dealkylation sites (N-methyl/N-ethyl adjacent to an activating group) is 1. The summed E-state index contributed by atoms with van der Waals surface area (Å²) < 4.78 is 37.8. The molecule has 0 saturated carbocycles. The predicted octanol–water partition coefficient (Wildman–Crippen LogP) is 1.14. The first-order valence-corrected chi connectivity index (χ1v) is 11.2. The Morgan fingerprint density at radius 3 is 2.55 bits per heavy atom. The minimum atomic E-state index is -3.90. The number of hydrogen-bond donors (Lipinski definition) is 2. The maximum atomic E-state index is 12.9. The van der Waals surface area contributed by atoms with Crippen molar-refractivity contribution in [1.82, 2.24) is 14.9 Å². The largest absolute Gasteiger partial charge is 0.490 e. The number of nitrogens with zero attached hydrogens (tertiary/aromatic N) is 1. The first kappa shape index (κ1) is 22.6. The molecule has 0 aromatic heterocycles. The highest BCUT2D eigenvalue weighted by Crippen LogP contribution is 2.32. The van der Waals surface area contributed by atoms with Gasteiger partial charge in [-0.2, -0.15) is 4.31 Å². The standard InChI is InChI=1S/C21H25N3O6S/c1-22-21(26)16-6-3-5-15(11-16)13-23-20(25)14-24(2)31(27,28)17-7-8-18-19(12-17)30-10-4-9-29-18/h3,5-8,11-12H,4,9-10,13-14H2,1-2H3,(H,22,26)(H,23,25). The van der Waals surface area contributed by atoms with Gasteiger partial charge in [0.25, 0.3) is 5.91 Å². The summed E-state index contributed by atoms with van der Waals surface area (Å²) in [6.07, 6.45) is 0.711. The zero-order chi connectivity index (χ0) is 22.4. The smallest absolute Gasteiger partial charge is 0.251 e. The number of hydrogen-bond acceptors (Lipinski definition) is 6. The SMILES string of the molecule is CNC(=O)c1cccc(CNC(=O)CN(C)S(=O)(=O)c2ccc3c(c2)OCCCO3)c1. The zero-order valence-electron chi connectivity index (χ0n) is 17.4. The monoisotopic (exact) mass is 447 g/mol. The third kappa shape index (κ3) is 5.53. The molecule has 2 aromatic carbocycles. The number of sulfonamides is 1. The van der Waals surface area contributed by atoms with E-state index in [1.165, 1.54) is 26.2 Å². The van der Waals surface area contributed by atoms with Crippen molar-refractivity contribution in [3.05, 3.63) is 53.6 Å².